The van der Waals surface area contributed by atoms with Crippen LogP contribution in [0, 0.1) is 0 Å². The van der Waals surface area contributed by atoms with Gasteiger partial charge in [-0.1, -0.05) is 0 Å². The highest BCUT2D eigenvalue weighted by atomic mass is 16.5. The summed E-state index contributed by atoms with van der Waals surface area (Å²) in [5.41, 5.74) is -0.678. The third-order valence-corrected chi connectivity index (χ3v) is 2.95. The summed E-state index contributed by atoms with van der Waals surface area (Å²) in [7, 11) is 1.97. The molecule has 0 aliphatic carbocycles. The average molecular weight is 258 g/mol. The van der Waals surface area contributed by atoms with Crippen molar-refractivity contribution in [2.24, 2.45) is 0 Å². The Balaban J connectivity index is 2.14. The highest BCUT2D eigenvalue weighted by Crippen LogP contribution is 2.06. The zero-order valence-electron chi connectivity index (χ0n) is 11.8. The molecule has 1 heterocycles. The maximum Gasteiger partial charge on any atom is 0.222 e. The summed E-state index contributed by atoms with van der Waals surface area (Å²) >= 11 is 0. The first kappa shape index (κ1) is 15.4. The van der Waals surface area contributed by atoms with Crippen LogP contribution in [0.3, 0.4) is 0 Å². The standard InChI is InChI=1S/C13H26N2O3/c1-13(2,17)11-14(3)6-4-5-12(16)15-7-9-18-10-8-15/h17H,4-11H2,1-3H3. The molecule has 1 saturated heterocycles. The number of ether oxygens (including phenoxy) is 1. The van der Waals surface area contributed by atoms with E-state index in [0.717, 1.165) is 26.1 Å². The molecule has 1 aliphatic heterocycles. The lowest BCUT2D eigenvalue weighted by Gasteiger charge is -2.28. The molecule has 1 fully saturated rings. The van der Waals surface area contributed by atoms with Crippen LogP contribution in [-0.4, -0.2) is 72.9 Å². The van der Waals surface area contributed by atoms with Crippen molar-refractivity contribution < 1.29 is 14.6 Å². The van der Waals surface area contributed by atoms with Gasteiger partial charge in [0.2, 0.25) is 5.91 Å². The van der Waals surface area contributed by atoms with Crippen molar-refractivity contribution in [1.82, 2.24) is 9.80 Å². The van der Waals surface area contributed by atoms with Crippen molar-refractivity contribution in [2.45, 2.75) is 32.3 Å². The number of aliphatic hydroxyl groups is 1. The van der Waals surface area contributed by atoms with Crippen LogP contribution in [-0.2, 0) is 9.53 Å². The van der Waals surface area contributed by atoms with Gasteiger partial charge in [-0.25, -0.2) is 0 Å². The van der Waals surface area contributed by atoms with Gasteiger partial charge in [0.15, 0.2) is 0 Å². The molecule has 0 aromatic rings. The Hall–Kier alpha value is -0.650. The number of nitrogens with zero attached hydrogens (tertiary/aromatic N) is 2. The van der Waals surface area contributed by atoms with E-state index < -0.39 is 5.60 Å². The first-order valence-electron chi connectivity index (χ1n) is 6.65. The number of hydrogen-bond acceptors (Lipinski definition) is 4. The van der Waals surface area contributed by atoms with E-state index in [4.69, 9.17) is 4.74 Å². The summed E-state index contributed by atoms with van der Waals surface area (Å²) in [6.45, 7) is 7.80. The summed E-state index contributed by atoms with van der Waals surface area (Å²) in [6.07, 6.45) is 1.42. The maximum atomic E-state index is 11.9. The first-order valence-corrected chi connectivity index (χ1v) is 6.65. The predicted octanol–water partition coefficient (Wildman–Crippen LogP) is 0.328. The fourth-order valence-electron chi connectivity index (χ4n) is 2.21. The Kier molecular flexibility index (Phi) is 6.05. The lowest BCUT2D eigenvalue weighted by molar-refractivity contribution is -0.135. The van der Waals surface area contributed by atoms with Crippen molar-refractivity contribution in [2.75, 3.05) is 46.4 Å². The molecule has 1 aliphatic rings. The summed E-state index contributed by atoms with van der Waals surface area (Å²) in [4.78, 5) is 15.8. The van der Waals surface area contributed by atoms with Crippen LogP contribution in [0.2, 0.25) is 0 Å². The minimum Gasteiger partial charge on any atom is -0.389 e. The number of carbonyl (C=O) groups excluding carboxylic acids is 1. The van der Waals surface area contributed by atoms with E-state index in [1.165, 1.54) is 0 Å². The Morgan fingerprint density at radius 1 is 1.39 bits per heavy atom. The fraction of sp³-hybridized carbons (Fsp3) is 0.923. The molecular formula is C13H26N2O3. The van der Waals surface area contributed by atoms with Crippen LogP contribution in [0.5, 0.6) is 0 Å². The third-order valence-electron chi connectivity index (χ3n) is 2.95. The van der Waals surface area contributed by atoms with Crippen molar-refractivity contribution in [3.8, 4) is 0 Å². The monoisotopic (exact) mass is 258 g/mol. The molecule has 106 valence electrons. The predicted molar refractivity (Wildman–Crippen MR) is 70.4 cm³/mol. The van der Waals surface area contributed by atoms with Gasteiger partial charge in [0.05, 0.1) is 18.8 Å². The van der Waals surface area contributed by atoms with Gasteiger partial charge in [-0.2, -0.15) is 0 Å². The smallest absolute Gasteiger partial charge is 0.222 e. The molecule has 18 heavy (non-hydrogen) atoms. The minimum absolute atomic E-state index is 0.218. The van der Waals surface area contributed by atoms with Gasteiger partial charge in [0, 0.05) is 26.1 Å². The minimum atomic E-state index is -0.678. The molecule has 0 unspecified atom stereocenters. The second-order valence-corrected chi connectivity index (χ2v) is 5.65. The third kappa shape index (κ3) is 6.33. The first-order chi connectivity index (χ1) is 8.38. The number of rotatable bonds is 6. The molecule has 0 aromatic carbocycles. The Labute approximate surface area is 110 Å². The number of amides is 1. The van der Waals surface area contributed by atoms with Gasteiger partial charge in [0.25, 0.3) is 0 Å². The SMILES string of the molecule is CN(CCCC(=O)N1CCOCC1)CC(C)(C)O. The topological polar surface area (TPSA) is 53.0 Å². The molecule has 0 spiro atoms. The molecule has 0 radical (unpaired) electrons. The van der Waals surface area contributed by atoms with Gasteiger partial charge < -0.3 is 19.6 Å². The second kappa shape index (κ2) is 7.07. The average Bonchev–Trinajstić information content (AvgIpc) is 2.27. The van der Waals surface area contributed by atoms with Gasteiger partial charge in [-0.05, 0) is 33.9 Å². The van der Waals surface area contributed by atoms with Crippen molar-refractivity contribution in [1.29, 1.82) is 0 Å². The summed E-state index contributed by atoms with van der Waals surface area (Å²) in [5.74, 6) is 0.218. The van der Waals surface area contributed by atoms with Crippen LogP contribution in [0.4, 0.5) is 0 Å². The van der Waals surface area contributed by atoms with Crippen molar-refractivity contribution in [3.63, 3.8) is 0 Å². The van der Waals surface area contributed by atoms with Crippen LogP contribution in [0.1, 0.15) is 26.7 Å². The van der Waals surface area contributed by atoms with Crippen molar-refractivity contribution in [3.05, 3.63) is 0 Å². The number of carbonyl (C=O) groups is 1. The molecule has 1 rings (SSSR count). The zero-order chi connectivity index (χ0) is 13.6. The lowest BCUT2D eigenvalue weighted by Crippen LogP contribution is -2.41. The van der Waals surface area contributed by atoms with Crippen molar-refractivity contribution >= 4 is 5.91 Å². The van der Waals surface area contributed by atoms with Crippen LogP contribution >= 0.6 is 0 Å². The molecule has 0 atom stereocenters. The molecule has 1 N–H and O–H groups in total. The van der Waals surface area contributed by atoms with E-state index in [9.17, 15) is 9.90 Å². The second-order valence-electron chi connectivity index (χ2n) is 5.65. The highest BCUT2D eigenvalue weighted by molar-refractivity contribution is 5.76. The zero-order valence-corrected chi connectivity index (χ0v) is 11.8. The number of likely N-dealkylation sites (N-methyl/N-ethyl adjacent to an activating group) is 1. The molecule has 5 heteroatoms. The molecule has 5 nitrogen and oxygen atoms in total. The van der Waals surface area contributed by atoms with Gasteiger partial charge >= 0.3 is 0 Å². The van der Waals surface area contributed by atoms with E-state index in [1.807, 2.05) is 11.9 Å². The Bertz CT molecular complexity index is 257. The normalized spacial score (nSPS) is 17.3. The van der Waals surface area contributed by atoms with Crippen LogP contribution < -0.4 is 0 Å². The molecular weight excluding hydrogens is 232 g/mol. The van der Waals surface area contributed by atoms with Gasteiger partial charge in [-0.3, -0.25) is 4.79 Å². The molecule has 1 amide bonds. The van der Waals surface area contributed by atoms with Gasteiger partial charge in [-0.15, -0.1) is 0 Å². The van der Waals surface area contributed by atoms with Crippen LogP contribution in [0.25, 0.3) is 0 Å². The lowest BCUT2D eigenvalue weighted by atomic mass is 10.1. The van der Waals surface area contributed by atoms with Crippen LogP contribution in [0.15, 0.2) is 0 Å². The maximum absolute atomic E-state index is 11.9. The van der Waals surface area contributed by atoms with E-state index in [0.29, 0.717) is 26.2 Å². The summed E-state index contributed by atoms with van der Waals surface area (Å²) < 4.78 is 5.22. The molecule has 0 bridgehead atoms. The molecule has 0 saturated carbocycles. The number of morpholine rings is 1. The fourth-order valence-corrected chi connectivity index (χ4v) is 2.21. The highest BCUT2D eigenvalue weighted by Gasteiger charge is 2.18. The van der Waals surface area contributed by atoms with E-state index in [1.54, 1.807) is 13.8 Å². The Morgan fingerprint density at radius 3 is 2.56 bits per heavy atom. The molecule has 0 aromatic heterocycles. The number of hydrogen-bond donors (Lipinski definition) is 1. The quantitative estimate of drug-likeness (QED) is 0.746. The Morgan fingerprint density at radius 2 is 2.00 bits per heavy atom. The van der Waals surface area contributed by atoms with E-state index >= 15 is 0 Å². The van der Waals surface area contributed by atoms with E-state index in [-0.39, 0.29) is 5.91 Å². The van der Waals surface area contributed by atoms with E-state index in [2.05, 4.69) is 4.90 Å². The van der Waals surface area contributed by atoms with Gasteiger partial charge in [0.1, 0.15) is 0 Å². The summed E-state index contributed by atoms with van der Waals surface area (Å²) in [6, 6.07) is 0. The summed E-state index contributed by atoms with van der Waals surface area (Å²) in [5, 5.41) is 9.67. The largest absolute Gasteiger partial charge is 0.389 e.